The topological polar surface area (TPSA) is 90.0 Å². The van der Waals surface area contributed by atoms with Gasteiger partial charge in [0, 0.05) is 0 Å². The van der Waals surface area contributed by atoms with E-state index in [4.69, 9.17) is 40.0 Å². The fourth-order valence-corrected chi connectivity index (χ4v) is 1.77. The summed E-state index contributed by atoms with van der Waals surface area (Å²) in [5, 5.41) is 26.1. The molecule has 5 nitrogen and oxygen atoms in total. The lowest BCUT2D eigenvalue weighted by atomic mass is 10.4. The number of rotatable bonds is 0. The molecule has 0 radical (unpaired) electrons. The van der Waals surface area contributed by atoms with Gasteiger partial charge in [-0.1, -0.05) is 23.2 Å². The number of aromatic nitrogens is 2. The molecule has 0 atom stereocenters. The van der Waals surface area contributed by atoms with Gasteiger partial charge in [0.15, 0.2) is 21.8 Å². The van der Waals surface area contributed by atoms with Gasteiger partial charge in [0.05, 0.1) is 8.52 Å². The van der Waals surface area contributed by atoms with Crippen LogP contribution in [-0.4, -0.2) is 27.3 Å². The molecule has 0 aliphatic rings. The van der Waals surface area contributed by atoms with Crippen molar-refractivity contribution < 1.29 is 16.0 Å². The van der Waals surface area contributed by atoms with Crippen molar-refractivity contribution in [3.63, 3.8) is 0 Å². The monoisotopic (exact) mass is 444 g/mol. The minimum absolute atomic E-state index is 0.0251. The lowest BCUT2D eigenvalue weighted by Crippen LogP contribution is -1.81. The first kappa shape index (κ1) is 17.7. The third-order valence-electron chi connectivity index (χ3n) is 1.74. The summed E-state index contributed by atoms with van der Waals surface area (Å²) < 4.78 is 16.3. The summed E-state index contributed by atoms with van der Waals surface area (Å²) in [5.41, 5.74) is 0.197. The molecule has 21 heavy (non-hydrogen) atoms. The van der Waals surface area contributed by atoms with Crippen molar-refractivity contribution in [3.8, 4) is 17.6 Å². The summed E-state index contributed by atoms with van der Waals surface area (Å²) in [5.74, 6) is -0.0854. The summed E-state index contributed by atoms with van der Waals surface area (Å²) in [7, 11) is -1.00. The van der Waals surface area contributed by atoms with E-state index < -0.39 is 7.15 Å². The van der Waals surface area contributed by atoms with Gasteiger partial charge < -0.3 is 10.2 Å². The Hall–Kier alpha value is -1.37. The largest absolute Gasteiger partial charge is 0.505 e. The number of nitriles is 1. The predicted octanol–water partition coefficient (Wildman–Crippen LogP) is 3.94. The summed E-state index contributed by atoms with van der Waals surface area (Å²) in [4.78, 5) is 7.32. The Labute approximate surface area is 145 Å². The van der Waals surface area contributed by atoms with Crippen molar-refractivity contribution in [2.45, 2.75) is 0 Å². The van der Waals surface area contributed by atoms with Crippen molar-refractivity contribution in [2.75, 3.05) is 7.15 Å². The summed E-state index contributed by atoms with van der Waals surface area (Å²) in [6.07, 6.45) is 0. The Morgan fingerprint density at radius 2 is 1.67 bits per heavy atom. The van der Waals surface area contributed by atoms with Gasteiger partial charge in [0.25, 0.3) is 0 Å². The quantitative estimate of drug-likeness (QED) is 0.474. The molecule has 0 saturated carbocycles. The highest BCUT2D eigenvalue weighted by Gasteiger charge is 1.99. The molecule has 0 bridgehead atoms. The van der Waals surface area contributed by atoms with Crippen LogP contribution >= 0.6 is 45.8 Å². The molecule has 0 unspecified atom stereocenters. The first-order valence-corrected chi connectivity index (χ1v) is 6.81. The van der Waals surface area contributed by atoms with Gasteiger partial charge in [-0.05, 0) is 46.9 Å². The maximum atomic E-state index is 9.96. The van der Waals surface area contributed by atoms with Crippen LogP contribution in [0.5, 0.6) is 11.5 Å². The molecule has 0 amide bonds. The summed E-state index contributed by atoms with van der Waals surface area (Å²) >= 11 is 12.8. The van der Waals surface area contributed by atoms with Crippen LogP contribution in [0.2, 0.25) is 10.3 Å². The third-order valence-corrected chi connectivity index (χ3v) is 2.90. The molecule has 0 fully saturated rings. The van der Waals surface area contributed by atoms with E-state index in [9.17, 15) is 4.39 Å². The van der Waals surface area contributed by atoms with Gasteiger partial charge in [-0.25, -0.2) is 9.97 Å². The minimum atomic E-state index is -1.00. The molecular weight excluding hydrogens is 435 g/mol. The van der Waals surface area contributed by atoms with Crippen molar-refractivity contribution >= 4 is 45.8 Å². The van der Waals surface area contributed by atoms with E-state index in [-0.39, 0.29) is 27.5 Å². The van der Waals surface area contributed by atoms with Crippen LogP contribution < -0.4 is 0 Å². The predicted molar refractivity (Wildman–Crippen MR) is 86.3 cm³/mol. The molecule has 0 aliphatic carbocycles. The average molecular weight is 445 g/mol. The van der Waals surface area contributed by atoms with Gasteiger partial charge in [-0.2, -0.15) is 5.26 Å². The van der Waals surface area contributed by atoms with Gasteiger partial charge in [0.1, 0.15) is 15.5 Å². The second kappa shape index (κ2) is 10.4. The maximum Gasteiger partial charge on any atom is 0.172 e. The first-order chi connectivity index (χ1) is 10.3. The van der Waals surface area contributed by atoms with Gasteiger partial charge in [0.2, 0.25) is 0 Å². The molecule has 2 N–H and O–H groups in total. The van der Waals surface area contributed by atoms with E-state index in [0.717, 1.165) is 3.70 Å². The van der Waals surface area contributed by atoms with Crippen LogP contribution in [0.4, 0.5) is 4.39 Å². The zero-order chi connectivity index (χ0) is 17.1. The number of nitrogens with zero attached hydrogens (tertiary/aromatic N) is 3. The summed E-state index contributed by atoms with van der Waals surface area (Å²) in [6, 6.07) is 7.70. The van der Waals surface area contributed by atoms with Gasteiger partial charge >= 0.3 is 0 Å². The van der Waals surface area contributed by atoms with Crippen LogP contribution in [0.15, 0.2) is 24.3 Å². The van der Waals surface area contributed by atoms with E-state index >= 15 is 0 Å². The Morgan fingerprint density at radius 3 is 2.05 bits per heavy atom. The molecule has 9 heteroatoms. The number of alkyl halides is 1. The fraction of sp³-hybridized carbons (Fsp3) is 0.0833. The highest BCUT2D eigenvalue weighted by atomic mass is 127. The Morgan fingerprint density at radius 1 is 1.19 bits per heavy atom. The Balaban J connectivity index is 0.000000342. The zero-order valence-electron chi connectivity index (χ0n) is 11.3. The van der Waals surface area contributed by atoms with Crippen LogP contribution in [0.3, 0.4) is 0 Å². The third kappa shape index (κ3) is 7.27. The van der Waals surface area contributed by atoms with Crippen molar-refractivity contribution in [3.05, 3.63) is 44.0 Å². The molecule has 2 heterocycles. The standard InChI is InChI=1S/C6H3ClN2O.C5H3ClINO.CH3F/c7-6-5(10)2-1-4(3-8)9-6;6-5-3(9)1-2-4(7)8-5;1-2/h1-2,10H;1-2,9H;1H3/i;;1D. The Kier molecular flexibility index (Phi) is 8.73. The normalized spacial score (nSPS) is 9.19. The minimum Gasteiger partial charge on any atom is -0.505 e. The van der Waals surface area contributed by atoms with E-state index in [1.54, 1.807) is 12.1 Å². The van der Waals surface area contributed by atoms with Crippen molar-refractivity contribution in [2.24, 2.45) is 0 Å². The number of aromatic hydroxyl groups is 2. The van der Waals surface area contributed by atoms with E-state index in [1.165, 1.54) is 18.2 Å². The second-order valence-electron chi connectivity index (χ2n) is 3.06. The Bertz CT molecular complexity index is 659. The average Bonchev–Trinajstić information content (AvgIpc) is 2.48. The van der Waals surface area contributed by atoms with Gasteiger partial charge in [-0.15, -0.1) is 0 Å². The van der Waals surface area contributed by atoms with Crippen molar-refractivity contribution in [1.82, 2.24) is 9.97 Å². The van der Waals surface area contributed by atoms with E-state index in [2.05, 4.69) is 9.97 Å². The van der Waals surface area contributed by atoms with E-state index in [0.29, 0.717) is 0 Å². The number of hydrogen-bond acceptors (Lipinski definition) is 5. The number of hydrogen-bond donors (Lipinski definition) is 2. The lowest BCUT2D eigenvalue weighted by molar-refractivity contribution is 0.472. The molecule has 2 aromatic heterocycles. The zero-order valence-corrected chi connectivity index (χ0v) is 13.9. The van der Waals surface area contributed by atoms with Crippen LogP contribution in [-0.2, 0) is 0 Å². The molecule has 0 aliphatic heterocycles. The molecule has 0 spiro atoms. The number of pyridine rings is 2. The number of halogens is 4. The summed E-state index contributed by atoms with van der Waals surface area (Å²) in [6.45, 7) is 0. The smallest absolute Gasteiger partial charge is 0.172 e. The SMILES string of the molecule is N#Cc1ccc(O)c(Cl)n1.Oc1ccc(I)nc1Cl.[2H]CF. The lowest BCUT2D eigenvalue weighted by Gasteiger charge is -1.93. The van der Waals surface area contributed by atoms with Gasteiger partial charge in [-0.3, -0.25) is 4.39 Å². The molecular formula is C12H9Cl2FIN3O2. The van der Waals surface area contributed by atoms with E-state index in [1.807, 2.05) is 22.6 Å². The first-order valence-electron chi connectivity index (χ1n) is 5.68. The highest BCUT2D eigenvalue weighted by molar-refractivity contribution is 14.1. The van der Waals surface area contributed by atoms with Crippen LogP contribution in [0.1, 0.15) is 7.06 Å². The molecule has 112 valence electrons. The van der Waals surface area contributed by atoms with Crippen LogP contribution in [0, 0.1) is 15.0 Å². The van der Waals surface area contributed by atoms with Crippen LogP contribution in [0.25, 0.3) is 0 Å². The highest BCUT2D eigenvalue weighted by Crippen LogP contribution is 2.20. The molecule has 0 saturated heterocycles. The maximum absolute atomic E-state index is 9.96. The molecule has 2 rings (SSSR count). The molecule has 2 aromatic rings. The fourth-order valence-electron chi connectivity index (χ4n) is 0.894. The molecule has 0 aromatic carbocycles. The van der Waals surface area contributed by atoms with Crippen molar-refractivity contribution in [1.29, 1.82) is 5.26 Å². The second-order valence-corrected chi connectivity index (χ2v) is 4.88.